The highest BCUT2D eigenvalue weighted by atomic mass is 15.0. The largest absolute Gasteiger partial charge is 0.399 e. The van der Waals surface area contributed by atoms with Gasteiger partial charge in [0.2, 0.25) is 0 Å². The van der Waals surface area contributed by atoms with Gasteiger partial charge in [-0.3, -0.25) is 11.7 Å². The molecule has 370 valence electrons. The van der Waals surface area contributed by atoms with Crippen LogP contribution >= 0.6 is 0 Å². The lowest BCUT2D eigenvalue weighted by atomic mass is 9.92. The van der Waals surface area contributed by atoms with E-state index in [-0.39, 0.29) is 0 Å². The van der Waals surface area contributed by atoms with Crippen molar-refractivity contribution >= 4 is 17.3 Å². The average Bonchev–Trinajstić information content (AvgIpc) is 4.11. The number of nitrogen functional groups attached to an aromatic ring is 1. The predicted octanol–water partition coefficient (Wildman–Crippen LogP) is 18.4. The van der Waals surface area contributed by atoms with Crippen LogP contribution in [0.25, 0.3) is 22.8 Å². The van der Waals surface area contributed by atoms with E-state index in [1.807, 2.05) is 87.5 Å². The topological polar surface area (TPSA) is 78.1 Å². The SMILES string of the molecule is C=C/C=C\C.C=CC1=CCCC(c2cccc(-c3ccc(N)cc3)c2)=C1.CC.CC1=CC2C=CC(=C2)/C=C/C=C\1.CC1=CC=C(\C=C/C=C(\C=C\c2ccccc2)C2=CC=CCC2)C1.NN.c1ccccc1. The molecule has 0 spiro atoms. The van der Waals surface area contributed by atoms with E-state index in [0.717, 1.165) is 37.8 Å². The Balaban J connectivity index is 0.000000257. The number of hydrogen-bond acceptors (Lipinski definition) is 3. The van der Waals surface area contributed by atoms with E-state index >= 15 is 0 Å². The Kier molecular flexibility index (Phi) is 29.4. The summed E-state index contributed by atoms with van der Waals surface area (Å²) in [7, 11) is 0. The van der Waals surface area contributed by atoms with Gasteiger partial charge < -0.3 is 5.73 Å². The van der Waals surface area contributed by atoms with Crippen molar-refractivity contribution in [3.63, 3.8) is 0 Å². The number of hydrogen-bond donors (Lipinski definition) is 3. The van der Waals surface area contributed by atoms with Gasteiger partial charge in [-0.05, 0) is 127 Å². The maximum absolute atomic E-state index is 5.76. The molecule has 0 amide bonds. The lowest BCUT2D eigenvalue weighted by molar-refractivity contribution is 0.978. The minimum absolute atomic E-state index is 0.507. The Bertz CT molecular complexity index is 2700. The third kappa shape index (κ3) is 23.2. The molecular weight excluding hydrogens is 871 g/mol. The van der Waals surface area contributed by atoms with Gasteiger partial charge in [-0.1, -0.05) is 281 Å². The molecule has 0 saturated carbocycles. The number of rotatable bonds is 9. The fourth-order valence-corrected chi connectivity index (χ4v) is 7.64. The first-order valence-electron chi connectivity index (χ1n) is 25.2. The van der Waals surface area contributed by atoms with Crippen LogP contribution in [0.2, 0.25) is 0 Å². The molecule has 0 aliphatic heterocycles. The number of hydrazine groups is 1. The minimum atomic E-state index is 0.507. The van der Waals surface area contributed by atoms with Crippen molar-refractivity contribution in [2.24, 2.45) is 17.6 Å². The monoisotopic (exact) mass is 950 g/mol. The molecule has 0 aromatic heterocycles. The van der Waals surface area contributed by atoms with Gasteiger partial charge in [0.1, 0.15) is 0 Å². The second-order valence-electron chi connectivity index (χ2n) is 16.8. The molecule has 0 heterocycles. The number of benzene rings is 4. The summed E-state index contributed by atoms with van der Waals surface area (Å²) in [5, 5.41) is 0. The second kappa shape index (κ2) is 36.2. The summed E-state index contributed by atoms with van der Waals surface area (Å²) in [4.78, 5) is 0. The van der Waals surface area contributed by atoms with Crippen LogP contribution in [0.15, 0.2) is 307 Å². The third-order valence-electron chi connectivity index (χ3n) is 11.2. The van der Waals surface area contributed by atoms with Gasteiger partial charge in [0, 0.05) is 11.6 Å². The molecule has 72 heavy (non-hydrogen) atoms. The van der Waals surface area contributed by atoms with Crippen molar-refractivity contribution in [1.82, 2.24) is 0 Å². The van der Waals surface area contributed by atoms with Crippen molar-refractivity contribution in [2.45, 2.75) is 66.7 Å². The molecule has 3 nitrogen and oxygen atoms in total. The summed E-state index contributed by atoms with van der Waals surface area (Å²) in [5.74, 6) is 8.51. The van der Waals surface area contributed by atoms with Gasteiger partial charge in [-0.15, -0.1) is 0 Å². The zero-order valence-corrected chi connectivity index (χ0v) is 43.6. The Labute approximate surface area is 434 Å². The first-order chi connectivity index (χ1) is 35.3. The first-order valence-corrected chi connectivity index (χ1v) is 25.2. The fraction of sp³-hybridized carbons (Fsp3) is 0.159. The van der Waals surface area contributed by atoms with E-state index in [2.05, 4.69) is 227 Å². The highest BCUT2D eigenvalue weighted by molar-refractivity contribution is 5.76. The summed E-state index contributed by atoms with van der Waals surface area (Å²) in [6, 6.07) is 39.2. The maximum atomic E-state index is 5.76. The second-order valence-corrected chi connectivity index (χ2v) is 16.8. The normalized spacial score (nSPS) is 16.9. The molecule has 9 rings (SSSR count). The molecule has 1 unspecified atom stereocenters. The van der Waals surface area contributed by atoms with Crippen LogP contribution < -0.4 is 17.4 Å². The zero-order chi connectivity index (χ0) is 52.0. The van der Waals surface area contributed by atoms with E-state index < -0.39 is 0 Å². The highest BCUT2D eigenvalue weighted by Crippen LogP contribution is 2.31. The van der Waals surface area contributed by atoms with Crippen LogP contribution in [0.5, 0.6) is 0 Å². The van der Waals surface area contributed by atoms with E-state index in [1.54, 1.807) is 6.08 Å². The lowest BCUT2D eigenvalue weighted by Crippen LogP contribution is -2.02. The van der Waals surface area contributed by atoms with E-state index in [0.29, 0.717) is 5.92 Å². The zero-order valence-electron chi connectivity index (χ0n) is 43.6. The van der Waals surface area contributed by atoms with Crippen LogP contribution in [0.1, 0.15) is 77.8 Å². The van der Waals surface area contributed by atoms with Crippen LogP contribution in [0.4, 0.5) is 5.69 Å². The van der Waals surface area contributed by atoms with Crippen molar-refractivity contribution in [3.8, 4) is 11.1 Å². The van der Waals surface area contributed by atoms with E-state index in [1.165, 1.54) is 66.8 Å². The summed E-state index contributed by atoms with van der Waals surface area (Å²) < 4.78 is 0. The van der Waals surface area contributed by atoms with Crippen molar-refractivity contribution in [3.05, 3.63) is 318 Å². The summed E-state index contributed by atoms with van der Waals surface area (Å²) in [6.45, 7) is 17.6. The lowest BCUT2D eigenvalue weighted by Gasteiger charge is -2.13. The maximum Gasteiger partial charge on any atom is 0.0314 e. The number of fused-ring (bicyclic) bond motifs is 1. The van der Waals surface area contributed by atoms with Gasteiger partial charge in [0.15, 0.2) is 0 Å². The van der Waals surface area contributed by atoms with Gasteiger partial charge >= 0.3 is 0 Å². The van der Waals surface area contributed by atoms with Crippen molar-refractivity contribution < 1.29 is 0 Å². The third-order valence-corrected chi connectivity index (χ3v) is 11.2. The molecule has 6 N–H and O–H groups in total. The number of nitrogens with two attached hydrogens (primary N) is 3. The Morgan fingerprint density at radius 3 is 1.99 bits per heavy atom. The van der Waals surface area contributed by atoms with Crippen LogP contribution in [0, 0.1) is 5.92 Å². The molecule has 0 fully saturated rings. The molecule has 0 saturated heterocycles. The van der Waals surface area contributed by atoms with Gasteiger partial charge in [0.05, 0.1) is 0 Å². The standard InChI is InChI=1S/C24H24.C20H19N.C12H12.C6H6.C5H8.C2H6.H4N2/c1-20-15-16-22(19-20)11-8-14-24(23-12-6-3-7-13-23)18-17-21-9-4-2-5-10-21;1-2-15-5-3-6-17(13-15)19-8-4-7-18(14-19)16-9-11-20(21)12-10-16;1-10-4-2-3-5-11-6-7-12(8-10)9-11;1-2-4-6-5-3-1;1-3-5-4-2;2*1-2/h2-6,8-12,14-18H,7,13,19H2,1H3;2,4-5,7-14H,1,3,6,21H2;2-9,12H,1H3;1-6H;3-5H,1H2,2H3;1-2H3;1-2H2/b11-8-,18-17+,24-14+;;4-2-,5-3+,10-8?;;5-4-;;. The molecule has 3 heteroatoms. The minimum Gasteiger partial charge on any atom is -0.399 e. The summed E-state index contributed by atoms with van der Waals surface area (Å²) in [5.41, 5.74) is 22.3. The first kappa shape index (κ1) is 58.5. The van der Waals surface area contributed by atoms with Crippen LogP contribution in [-0.2, 0) is 0 Å². The number of allylic oxidation sites excluding steroid dienone is 31. The van der Waals surface area contributed by atoms with Gasteiger partial charge in [0.25, 0.3) is 0 Å². The Morgan fingerprint density at radius 1 is 0.667 bits per heavy atom. The molecule has 0 radical (unpaired) electrons. The molecule has 5 aliphatic carbocycles. The van der Waals surface area contributed by atoms with Crippen molar-refractivity contribution in [2.75, 3.05) is 5.73 Å². The Hall–Kier alpha value is -7.82. The summed E-state index contributed by atoms with van der Waals surface area (Å²) in [6.07, 6.45) is 56.9. The molecule has 1 atom stereocenters. The Morgan fingerprint density at radius 2 is 1.36 bits per heavy atom. The highest BCUT2D eigenvalue weighted by Gasteiger charge is 2.09. The smallest absolute Gasteiger partial charge is 0.0314 e. The molecule has 4 aromatic carbocycles. The van der Waals surface area contributed by atoms with Crippen LogP contribution in [0.3, 0.4) is 0 Å². The molecular formula is C69H79N3. The van der Waals surface area contributed by atoms with Crippen molar-refractivity contribution in [1.29, 1.82) is 0 Å². The fourth-order valence-electron chi connectivity index (χ4n) is 7.64. The molecule has 5 aliphatic rings. The average molecular weight is 950 g/mol. The van der Waals surface area contributed by atoms with Gasteiger partial charge in [-0.2, -0.15) is 0 Å². The number of anilines is 1. The van der Waals surface area contributed by atoms with E-state index in [4.69, 9.17) is 5.73 Å². The van der Waals surface area contributed by atoms with Gasteiger partial charge in [-0.25, -0.2) is 0 Å². The molecule has 2 bridgehead atoms. The van der Waals surface area contributed by atoms with Crippen LogP contribution in [-0.4, -0.2) is 0 Å². The molecule has 4 aromatic rings. The van der Waals surface area contributed by atoms with E-state index in [9.17, 15) is 0 Å². The quantitative estimate of drug-likeness (QED) is 0.0677. The summed E-state index contributed by atoms with van der Waals surface area (Å²) >= 11 is 0. The predicted molar refractivity (Wildman–Crippen MR) is 321 cm³/mol.